The quantitative estimate of drug-likeness (QED) is 0.773. The summed E-state index contributed by atoms with van der Waals surface area (Å²) in [7, 11) is 0. The molecular formula is C11H19N3. The zero-order valence-corrected chi connectivity index (χ0v) is 9.03. The van der Waals surface area contributed by atoms with Crippen molar-refractivity contribution in [3.63, 3.8) is 0 Å². The Morgan fingerprint density at radius 1 is 1.64 bits per heavy atom. The van der Waals surface area contributed by atoms with Gasteiger partial charge in [-0.2, -0.15) is 5.10 Å². The van der Waals surface area contributed by atoms with Crippen LogP contribution < -0.4 is 5.32 Å². The fourth-order valence-corrected chi connectivity index (χ4v) is 2.18. The van der Waals surface area contributed by atoms with Crippen LogP contribution in [0.1, 0.15) is 31.7 Å². The van der Waals surface area contributed by atoms with Crippen molar-refractivity contribution >= 4 is 0 Å². The number of nitrogens with one attached hydrogen (secondary N) is 1. The van der Waals surface area contributed by atoms with Gasteiger partial charge in [0.15, 0.2) is 0 Å². The van der Waals surface area contributed by atoms with Crippen LogP contribution in [0.25, 0.3) is 0 Å². The van der Waals surface area contributed by atoms with Gasteiger partial charge in [0.05, 0.1) is 6.20 Å². The van der Waals surface area contributed by atoms with E-state index in [9.17, 15) is 0 Å². The Bertz CT molecular complexity index is 292. The van der Waals surface area contributed by atoms with Crippen molar-refractivity contribution < 1.29 is 0 Å². The van der Waals surface area contributed by atoms with E-state index in [2.05, 4.69) is 30.5 Å². The summed E-state index contributed by atoms with van der Waals surface area (Å²) in [6.07, 6.45) is 5.49. The predicted octanol–water partition coefficient (Wildman–Crippen LogP) is 1.62. The Morgan fingerprint density at radius 2 is 2.50 bits per heavy atom. The summed E-state index contributed by atoms with van der Waals surface area (Å²) >= 11 is 0. The Morgan fingerprint density at radius 3 is 3.14 bits per heavy atom. The lowest BCUT2D eigenvalue weighted by Gasteiger charge is -2.28. The summed E-state index contributed by atoms with van der Waals surface area (Å²) in [6.45, 7) is 7.71. The molecule has 2 heterocycles. The molecule has 78 valence electrons. The number of hydrogen-bond acceptors (Lipinski definition) is 2. The summed E-state index contributed by atoms with van der Waals surface area (Å²) < 4.78 is 2.01. The van der Waals surface area contributed by atoms with Crippen LogP contribution in [0.5, 0.6) is 0 Å². The van der Waals surface area contributed by atoms with Gasteiger partial charge in [-0.25, -0.2) is 0 Å². The molecule has 1 aliphatic rings. The molecule has 0 bridgehead atoms. The van der Waals surface area contributed by atoms with E-state index in [-0.39, 0.29) is 0 Å². The first-order chi connectivity index (χ1) is 6.81. The van der Waals surface area contributed by atoms with Crippen molar-refractivity contribution in [3.05, 3.63) is 18.0 Å². The lowest BCUT2D eigenvalue weighted by molar-refractivity contribution is 0.348. The maximum Gasteiger partial charge on any atom is 0.0525 e. The molecule has 14 heavy (non-hydrogen) atoms. The number of rotatable bonds is 2. The summed E-state index contributed by atoms with van der Waals surface area (Å²) in [5, 5.41) is 7.79. The summed E-state index contributed by atoms with van der Waals surface area (Å²) in [5.41, 5.74) is 1.39. The molecule has 1 saturated heterocycles. The van der Waals surface area contributed by atoms with E-state index in [1.165, 1.54) is 18.5 Å². The van der Waals surface area contributed by atoms with Gasteiger partial charge in [-0.05, 0) is 31.4 Å². The first-order valence-corrected chi connectivity index (χ1v) is 5.54. The molecule has 3 heteroatoms. The van der Waals surface area contributed by atoms with Crippen molar-refractivity contribution in [2.75, 3.05) is 13.1 Å². The normalized spacial score (nSPS) is 27.9. The van der Waals surface area contributed by atoms with E-state index in [4.69, 9.17) is 0 Å². The number of hydrogen-bond donors (Lipinski definition) is 1. The molecule has 0 aromatic carbocycles. The molecule has 0 saturated carbocycles. The summed E-state index contributed by atoms with van der Waals surface area (Å²) in [4.78, 5) is 0. The first-order valence-electron chi connectivity index (χ1n) is 5.54. The van der Waals surface area contributed by atoms with Crippen LogP contribution in [0.3, 0.4) is 0 Å². The molecule has 2 rings (SSSR count). The van der Waals surface area contributed by atoms with Crippen LogP contribution in [-0.4, -0.2) is 22.9 Å². The molecule has 2 atom stereocenters. The molecule has 1 N–H and O–H groups in total. The molecule has 0 spiro atoms. The topological polar surface area (TPSA) is 29.9 Å². The number of aryl methyl sites for hydroxylation is 1. The second-order valence-electron chi connectivity index (χ2n) is 4.21. The SMILES string of the molecule is CCn1cc(C2CNCCC2C)cn1. The van der Waals surface area contributed by atoms with E-state index < -0.39 is 0 Å². The second-order valence-corrected chi connectivity index (χ2v) is 4.21. The summed E-state index contributed by atoms with van der Waals surface area (Å²) in [6, 6.07) is 0. The van der Waals surface area contributed by atoms with Crippen LogP contribution in [0.2, 0.25) is 0 Å². The number of nitrogens with zero attached hydrogens (tertiary/aromatic N) is 2. The number of piperidine rings is 1. The van der Waals surface area contributed by atoms with Crippen molar-refractivity contribution in [1.29, 1.82) is 0 Å². The van der Waals surface area contributed by atoms with Crippen molar-refractivity contribution in [2.45, 2.75) is 32.7 Å². The minimum absolute atomic E-state index is 0.657. The Balaban J connectivity index is 2.12. The fourth-order valence-electron chi connectivity index (χ4n) is 2.18. The summed E-state index contributed by atoms with van der Waals surface area (Å²) in [5.74, 6) is 1.44. The average molecular weight is 193 g/mol. The maximum atomic E-state index is 4.33. The minimum Gasteiger partial charge on any atom is -0.316 e. The zero-order valence-electron chi connectivity index (χ0n) is 9.03. The zero-order chi connectivity index (χ0) is 9.97. The van der Waals surface area contributed by atoms with E-state index >= 15 is 0 Å². The van der Waals surface area contributed by atoms with Gasteiger partial charge in [0.1, 0.15) is 0 Å². The van der Waals surface area contributed by atoms with Crippen LogP contribution in [-0.2, 0) is 6.54 Å². The third kappa shape index (κ3) is 1.82. The first kappa shape index (κ1) is 9.71. The van der Waals surface area contributed by atoms with E-state index in [0.29, 0.717) is 5.92 Å². The molecular weight excluding hydrogens is 174 g/mol. The highest BCUT2D eigenvalue weighted by Gasteiger charge is 2.23. The molecule has 1 aromatic rings. The van der Waals surface area contributed by atoms with Gasteiger partial charge in [0.25, 0.3) is 0 Å². The minimum atomic E-state index is 0.657. The lowest BCUT2D eigenvalue weighted by Crippen LogP contribution is -2.33. The van der Waals surface area contributed by atoms with E-state index in [0.717, 1.165) is 19.0 Å². The molecule has 0 amide bonds. The monoisotopic (exact) mass is 193 g/mol. The smallest absolute Gasteiger partial charge is 0.0525 e. The van der Waals surface area contributed by atoms with Gasteiger partial charge < -0.3 is 5.32 Å². The molecule has 3 nitrogen and oxygen atoms in total. The van der Waals surface area contributed by atoms with E-state index in [1.807, 2.05) is 10.9 Å². The Hall–Kier alpha value is -0.830. The molecule has 1 fully saturated rings. The predicted molar refractivity (Wildman–Crippen MR) is 57.3 cm³/mol. The standard InChI is InChI=1S/C11H19N3/c1-3-14-8-10(6-13-14)11-7-12-5-4-9(11)2/h6,8-9,11-12H,3-5,7H2,1-2H3. The average Bonchev–Trinajstić information content (AvgIpc) is 2.67. The molecule has 0 radical (unpaired) electrons. The lowest BCUT2D eigenvalue weighted by atomic mass is 9.84. The number of aromatic nitrogens is 2. The van der Waals surface area contributed by atoms with Gasteiger partial charge in [-0.15, -0.1) is 0 Å². The fraction of sp³-hybridized carbons (Fsp3) is 0.727. The van der Waals surface area contributed by atoms with Gasteiger partial charge in [-0.1, -0.05) is 6.92 Å². The van der Waals surface area contributed by atoms with Crippen LogP contribution in [0, 0.1) is 5.92 Å². The van der Waals surface area contributed by atoms with E-state index in [1.54, 1.807) is 0 Å². The van der Waals surface area contributed by atoms with Gasteiger partial charge in [-0.3, -0.25) is 4.68 Å². The van der Waals surface area contributed by atoms with Crippen LogP contribution >= 0.6 is 0 Å². The third-order valence-corrected chi connectivity index (χ3v) is 3.23. The molecule has 2 unspecified atom stereocenters. The Labute approximate surface area is 85.5 Å². The van der Waals surface area contributed by atoms with Crippen molar-refractivity contribution in [2.24, 2.45) is 5.92 Å². The third-order valence-electron chi connectivity index (χ3n) is 3.23. The van der Waals surface area contributed by atoms with Gasteiger partial charge in [0.2, 0.25) is 0 Å². The van der Waals surface area contributed by atoms with Gasteiger partial charge >= 0.3 is 0 Å². The molecule has 1 aliphatic heterocycles. The largest absolute Gasteiger partial charge is 0.316 e. The van der Waals surface area contributed by atoms with Crippen molar-refractivity contribution in [3.8, 4) is 0 Å². The maximum absolute atomic E-state index is 4.33. The highest BCUT2D eigenvalue weighted by Crippen LogP contribution is 2.28. The molecule has 0 aliphatic carbocycles. The second kappa shape index (κ2) is 4.13. The van der Waals surface area contributed by atoms with Crippen molar-refractivity contribution in [1.82, 2.24) is 15.1 Å². The van der Waals surface area contributed by atoms with Gasteiger partial charge in [0, 0.05) is 25.2 Å². The molecule has 1 aromatic heterocycles. The Kier molecular flexibility index (Phi) is 2.87. The highest BCUT2D eigenvalue weighted by molar-refractivity contribution is 5.14. The van der Waals surface area contributed by atoms with Crippen LogP contribution in [0.15, 0.2) is 12.4 Å². The van der Waals surface area contributed by atoms with Crippen LogP contribution in [0.4, 0.5) is 0 Å². The highest BCUT2D eigenvalue weighted by atomic mass is 15.3.